The summed E-state index contributed by atoms with van der Waals surface area (Å²) in [5.41, 5.74) is 1.83. The average Bonchev–Trinajstić information content (AvgIpc) is 2.29. The van der Waals surface area contributed by atoms with E-state index >= 15 is 0 Å². The zero-order valence-electron chi connectivity index (χ0n) is 6.12. The predicted octanol–water partition coefficient (Wildman–Crippen LogP) is 1.64. The molecular formula is C6H4I2N4. The highest BCUT2D eigenvalue weighted by molar-refractivity contribution is 14.1. The molecule has 0 aliphatic rings. The molecule has 2 rings (SSSR count). The van der Waals surface area contributed by atoms with Crippen LogP contribution in [0.2, 0.25) is 0 Å². The second-order valence-electron chi connectivity index (χ2n) is 2.32. The summed E-state index contributed by atoms with van der Waals surface area (Å²) in [6.07, 6.45) is 0. The third-order valence-corrected chi connectivity index (χ3v) is 2.54. The van der Waals surface area contributed by atoms with Crippen LogP contribution in [0.15, 0.2) is 6.07 Å². The van der Waals surface area contributed by atoms with Crippen molar-refractivity contribution in [1.29, 1.82) is 0 Å². The topological polar surface area (TPSA) is 43.1 Å². The number of fused-ring (bicyclic) bond motifs is 1. The van der Waals surface area contributed by atoms with E-state index in [-0.39, 0.29) is 0 Å². The van der Waals surface area contributed by atoms with Gasteiger partial charge in [0, 0.05) is 56.9 Å². The second-order valence-corrected chi connectivity index (χ2v) is 4.25. The van der Waals surface area contributed by atoms with E-state index in [1.165, 1.54) is 0 Å². The molecule has 0 amide bonds. The van der Waals surface area contributed by atoms with Gasteiger partial charge in [-0.3, -0.25) is 0 Å². The minimum absolute atomic E-state index is 0.748. The molecule has 0 saturated heterocycles. The lowest BCUT2D eigenvalue weighted by Crippen LogP contribution is -1.98. The van der Waals surface area contributed by atoms with Crippen molar-refractivity contribution in [3.63, 3.8) is 0 Å². The van der Waals surface area contributed by atoms with Crippen molar-refractivity contribution in [3.8, 4) is 0 Å². The molecule has 0 aliphatic carbocycles. The monoisotopic (exact) mass is 386 g/mol. The third-order valence-electron chi connectivity index (χ3n) is 1.39. The average molecular weight is 386 g/mol. The Morgan fingerprint density at radius 1 is 1.33 bits per heavy atom. The van der Waals surface area contributed by atoms with Gasteiger partial charge < -0.3 is 0 Å². The summed E-state index contributed by atoms with van der Waals surface area (Å²) < 4.78 is 3.32. The van der Waals surface area contributed by atoms with Gasteiger partial charge in [0.2, 0.25) is 3.83 Å². The van der Waals surface area contributed by atoms with Crippen molar-refractivity contribution >= 4 is 50.8 Å². The van der Waals surface area contributed by atoms with E-state index in [1.807, 2.05) is 13.0 Å². The minimum Gasteiger partial charge on any atom is -0.228 e. The summed E-state index contributed by atoms with van der Waals surface area (Å²) in [5, 5.41) is 4.18. The molecule has 2 aromatic rings. The highest BCUT2D eigenvalue weighted by Gasteiger charge is 2.04. The lowest BCUT2D eigenvalue weighted by atomic mass is 10.4. The Morgan fingerprint density at radius 2 is 2.08 bits per heavy atom. The summed E-state index contributed by atoms with van der Waals surface area (Å²) in [4.78, 5) is 8.49. The Morgan fingerprint density at radius 3 is 2.83 bits per heavy atom. The van der Waals surface area contributed by atoms with Crippen LogP contribution in [-0.4, -0.2) is 19.6 Å². The van der Waals surface area contributed by atoms with Crippen LogP contribution in [-0.2, 0) is 0 Å². The minimum atomic E-state index is 0.748. The number of nitrogens with zero attached hydrogens (tertiary/aromatic N) is 4. The smallest absolute Gasteiger partial charge is 0.212 e. The molecule has 2 heterocycles. The summed E-state index contributed by atoms with van der Waals surface area (Å²) in [6, 6.07) is 1.91. The van der Waals surface area contributed by atoms with Gasteiger partial charge in [0.25, 0.3) is 0 Å². The van der Waals surface area contributed by atoms with Gasteiger partial charge in [0.05, 0.1) is 0 Å². The first kappa shape index (κ1) is 8.60. The number of halogens is 2. The first-order valence-corrected chi connectivity index (χ1v) is 5.38. The van der Waals surface area contributed by atoms with Crippen LogP contribution < -0.4 is 0 Å². The van der Waals surface area contributed by atoms with Crippen LogP contribution in [0.25, 0.3) is 5.65 Å². The van der Waals surface area contributed by atoms with Gasteiger partial charge in [-0.1, -0.05) is 0 Å². The van der Waals surface area contributed by atoms with Gasteiger partial charge in [0.1, 0.15) is 0 Å². The molecule has 6 heteroatoms. The number of aryl methyl sites for hydroxylation is 1. The molecular weight excluding hydrogens is 382 g/mol. The fraction of sp³-hybridized carbons (Fsp3) is 0.167. The van der Waals surface area contributed by atoms with Crippen molar-refractivity contribution in [3.05, 3.63) is 19.4 Å². The van der Waals surface area contributed by atoms with Crippen molar-refractivity contribution in [2.24, 2.45) is 0 Å². The van der Waals surface area contributed by atoms with Crippen LogP contribution in [0.5, 0.6) is 0 Å². The van der Waals surface area contributed by atoms with Crippen molar-refractivity contribution in [2.75, 3.05) is 0 Å². The Labute approximate surface area is 96.1 Å². The van der Waals surface area contributed by atoms with E-state index < -0.39 is 0 Å². The molecule has 0 aromatic carbocycles. The van der Waals surface area contributed by atoms with E-state index in [9.17, 15) is 0 Å². The standard InChI is InChI=1S/C6H4I2N4/c1-3-2-4-10-5(7)11-12(4)6(8)9-3/h2H,1H3. The van der Waals surface area contributed by atoms with Crippen molar-refractivity contribution < 1.29 is 0 Å². The van der Waals surface area contributed by atoms with Crippen LogP contribution in [0.1, 0.15) is 5.69 Å². The van der Waals surface area contributed by atoms with Crippen molar-refractivity contribution in [2.45, 2.75) is 6.92 Å². The third kappa shape index (κ3) is 1.41. The van der Waals surface area contributed by atoms with E-state index in [4.69, 9.17) is 0 Å². The maximum Gasteiger partial charge on any atom is 0.212 e. The summed E-state index contributed by atoms with van der Waals surface area (Å²) >= 11 is 4.23. The number of rotatable bonds is 0. The quantitative estimate of drug-likeness (QED) is 0.511. The Balaban J connectivity index is 2.88. The summed E-state index contributed by atoms with van der Waals surface area (Å²) in [7, 11) is 0. The predicted molar refractivity (Wildman–Crippen MR) is 61.0 cm³/mol. The van der Waals surface area contributed by atoms with Crippen LogP contribution in [0.3, 0.4) is 0 Å². The van der Waals surface area contributed by atoms with Gasteiger partial charge in [-0.2, -0.15) is 4.52 Å². The molecule has 4 nitrogen and oxygen atoms in total. The number of aromatic nitrogens is 4. The Kier molecular flexibility index (Phi) is 2.19. The first-order valence-electron chi connectivity index (χ1n) is 3.22. The van der Waals surface area contributed by atoms with Crippen LogP contribution in [0.4, 0.5) is 0 Å². The molecule has 12 heavy (non-hydrogen) atoms. The molecule has 2 aromatic heterocycles. The van der Waals surface area contributed by atoms with Gasteiger partial charge in [-0.05, 0) is 6.92 Å². The Hall–Kier alpha value is 0.01000. The van der Waals surface area contributed by atoms with E-state index in [0.29, 0.717) is 0 Å². The van der Waals surface area contributed by atoms with E-state index in [0.717, 1.165) is 19.0 Å². The molecule has 0 unspecified atom stereocenters. The molecule has 62 valence electrons. The van der Waals surface area contributed by atoms with Gasteiger partial charge in [0.15, 0.2) is 9.48 Å². The Bertz CT molecular complexity index is 436. The fourth-order valence-corrected chi connectivity index (χ4v) is 2.14. The van der Waals surface area contributed by atoms with E-state index in [2.05, 4.69) is 60.2 Å². The molecule has 0 N–H and O–H groups in total. The molecule has 0 aliphatic heterocycles. The lowest BCUT2D eigenvalue weighted by molar-refractivity contribution is 0.862. The second kappa shape index (κ2) is 3.05. The molecule has 0 bridgehead atoms. The number of hydrogen-bond acceptors (Lipinski definition) is 3. The zero-order valence-corrected chi connectivity index (χ0v) is 10.4. The van der Waals surface area contributed by atoms with Crippen molar-refractivity contribution in [1.82, 2.24) is 19.6 Å². The lowest BCUT2D eigenvalue weighted by Gasteiger charge is -1.95. The number of hydrogen-bond donors (Lipinski definition) is 0. The molecule has 0 atom stereocenters. The summed E-state index contributed by atoms with van der Waals surface area (Å²) in [5.74, 6) is 0. The summed E-state index contributed by atoms with van der Waals surface area (Å²) in [6.45, 7) is 1.95. The van der Waals surface area contributed by atoms with Crippen LogP contribution in [0, 0.1) is 14.6 Å². The van der Waals surface area contributed by atoms with E-state index in [1.54, 1.807) is 4.52 Å². The van der Waals surface area contributed by atoms with Gasteiger partial charge >= 0.3 is 0 Å². The highest BCUT2D eigenvalue weighted by atomic mass is 127. The van der Waals surface area contributed by atoms with Gasteiger partial charge in [-0.15, -0.1) is 5.10 Å². The molecule has 0 fully saturated rings. The maximum atomic E-state index is 4.26. The molecule has 0 saturated carbocycles. The van der Waals surface area contributed by atoms with Gasteiger partial charge in [-0.25, -0.2) is 9.97 Å². The maximum absolute atomic E-state index is 4.26. The zero-order chi connectivity index (χ0) is 8.72. The largest absolute Gasteiger partial charge is 0.228 e. The highest BCUT2D eigenvalue weighted by Crippen LogP contribution is 2.08. The first-order chi connectivity index (χ1) is 5.66. The SMILES string of the molecule is Cc1cc2nc(I)nn2c(I)n1. The fourth-order valence-electron chi connectivity index (χ4n) is 0.939. The molecule has 0 spiro atoms. The normalized spacial score (nSPS) is 10.9. The van der Waals surface area contributed by atoms with Crippen LogP contribution >= 0.6 is 45.2 Å². The molecule has 0 radical (unpaired) electrons.